The van der Waals surface area contributed by atoms with Crippen LogP contribution in [0.5, 0.6) is 0 Å². The molecule has 1 aromatic carbocycles. The SMILES string of the molecule is CCN(CC)C(=O)c1ccc(-c2nc(CC(C)NC)no2)cc1. The smallest absolute Gasteiger partial charge is 0.257 e. The van der Waals surface area contributed by atoms with Gasteiger partial charge in [0.1, 0.15) is 0 Å². The van der Waals surface area contributed by atoms with Gasteiger partial charge in [-0.3, -0.25) is 4.79 Å². The fourth-order valence-corrected chi connectivity index (χ4v) is 2.28. The van der Waals surface area contributed by atoms with Gasteiger partial charge in [-0.25, -0.2) is 0 Å². The molecule has 1 atom stereocenters. The summed E-state index contributed by atoms with van der Waals surface area (Å²) in [6, 6.07) is 7.58. The monoisotopic (exact) mass is 316 g/mol. The standard InChI is InChI=1S/C17H24N4O2/c1-5-21(6-2)17(22)14-9-7-13(8-10-14)16-19-15(20-23-16)11-12(3)18-4/h7-10,12,18H,5-6,11H2,1-4H3. The second-order valence-electron chi connectivity index (χ2n) is 5.46. The lowest BCUT2D eigenvalue weighted by atomic mass is 10.1. The van der Waals surface area contributed by atoms with E-state index in [1.54, 1.807) is 17.0 Å². The Balaban J connectivity index is 2.12. The molecule has 1 aromatic heterocycles. The predicted molar refractivity (Wildman–Crippen MR) is 89.2 cm³/mol. The first-order valence-corrected chi connectivity index (χ1v) is 7.98. The quantitative estimate of drug-likeness (QED) is 0.849. The summed E-state index contributed by atoms with van der Waals surface area (Å²) < 4.78 is 5.30. The Kier molecular flexibility index (Phi) is 5.87. The number of hydrogen-bond acceptors (Lipinski definition) is 5. The first-order valence-electron chi connectivity index (χ1n) is 7.98. The first kappa shape index (κ1) is 17.1. The second kappa shape index (κ2) is 7.87. The normalized spacial score (nSPS) is 12.2. The van der Waals surface area contributed by atoms with E-state index in [-0.39, 0.29) is 11.9 Å². The molecule has 0 aliphatic heterocycles. The molecule has 1 amide bonds. The van der Waals surface area contributed by atoms with Crippen molar-refractivity contribution in [1.29, 1.82) is 0 Å². The fraction of sp³-hybridized carbons (Fsp3) is 0.471. The number of likely N-dealkylation sites (N-methyl/N-ethyl adjacent to an activating group) is 1. The van der Waals surface area contributed by atoms with E-state index in [2.05, 4.69) is 22.4 Å². The topological polar surface area (TPSA) is 71.3 Å². The maximum absolute atomic E-state index is 12.3. The van der Waals surface area contributed by atoms with E-state index in [4.69, 9.17) is 4.52 Å². The number of amides is 1. The molecular formula is C17H24N4O2. The van der Waals surface area contributed by atoms with Crippen LogP contribution in [-0.4, -0.2) is 47.1 Å². The Labute approximate surface area is 136 Å². The van der Waals surface area contributed by atoms with Crippen LogP contribution < -0.4 is 5.32 Å². The molecule has 0 aliphatic rings. The minimum absolute atomic E-state index is 0.0376. The van der Waals surface area contributed by atoms with Crippen molar-refractivity contribution >= 4 is 5.91 Å². The molecule has 1 N–H and O–H groups in total. The lowest BCUT2D eigenvalue weighted by Gasteiger charge is -2.18. The highest BCUT2D eigenvalue weighted by Crippen LogP contribution is 2.19. The average molecular weight is 316 g/mol. The number of aromatic nitrogens is 2. The average Bonchev–Trinajstić information content (AvgIpc) is 3.04. The molecule has 0 bridgehead atoms. The van der Waals surface area contributed by atoms with E-state index in [9.17, 15) is 4.79 Å². The summed E-state index contributed by atoms with van der Waals surface area (Å²) >= 11 is 0. The van der Waals surface area contributed by atoms with Crippen molar-refractivity contribution in [3.05, 3.63) is 35.7 Å². The molecule has 2 aromatic rings. The molecule has 1 heterocycles. The summed E-state index contributed by atoms with van der Waals surface area (Å²) in [4.78, 5) is 18.5. The van der Waals surface area contributed by atoms with Gasteiger partial charge in [0.15, 0.2) is 5.82 Å². The molecule has 6 heteroatoms. The van der Waals surface area contributed by atoms with E-state index in [1.807, 2.05) is 33.0 Å². The van der Waals surface area contributed by atoms with Crippen molar-refractivity contribution in [2.24, 2.45) is 0 Å². The molecule has 2 rings (SSSR count). The maximum atomic E-state index is 12.3. The highest BCUT2D eigenvalue weighted by Gasteiger charge is 2.14. The minimum Gasteiger partial charge on any atom is -0.339 e. The third-order valence-corrected chi connectivity index (χ3v) is 3.88. The Morgan fingerprint density at radius 3 is 2.48 bits per heavy atom. The molecule has 0 radical (unpaired) electrons. The van der Waals surface area contributed by atoms with Crippen molar-refractivity contribution < 1.29 is 9.32 Å². The number of carbonyl (C=O) groups is 1. The van der Waals surface area contributed by atoms with Crippen LogP contribution in [0.25, 0.3) is 11.5 Å². The number of rotatable bonds is 7. The molecule has 124 valence electrons. The van der Waals surface area contributed by atoms with Crippen LogP contribution in [0.15, 0.2) is 28.8 Å². The van der Waals surface area contributed by atoms with E-state index < -0.39 is 0 Å². The summed E-state index contributed by atoms with van der Waals surface area (Å²) in [5.41, 5.74) is 1.48. The summed E-state index contributed by atoms with van der Waals surface area (Å²) in [5.74, 6) is 1.19. The second-order valence-corrected chi connectivity index (χ2v) is 5.46. The highest BCUT2D eigenvalue weighted by molar-refractivity contribution is 5.94. The molecule has 1 unspecified atom stereocenters. The number of nitrogens with one attached hydrogen (secondary N) is 1. The number of nitrogens with zero attached hydrogens (tertiary/aromatic N) is 3. The van der Waals surface area contributed by atoms with Gasteiger partial charge in [-0.05, 0) is 52.1 Å². The van der Waals surface area contributed by atoms with Crippen LogP contribution >= 0.6 is 0 Å². The zero-order chi connectivity index (χ0) is 16.8. The zero-order valence-corrected chi connectivity index (χ0v) is 14.2. The summed E-state index contributed by atoms with van der Waals surface area (Å²) in [5, 5.41) is 7.13. The lowest BCUT2D eigenvalue weighted by molar-refractivity contribution is 0.0773. The molecule has 0 spiro atoms. The van der Waals surface area contributed by atoms with Crippen molar-refractivity contribution in [3.8, 4) is 11.5 Å². The molecule has 0 aliphatic carbocycles. The summed E-state index contributed by atoms with van der Waals surface area (Å²) in [7, 11) is 1.90. The molecule has 0 fully saturated rings. The Morgan fingerprint density at radius 2 is 1.91 bits per heavy atom. The fourth-order valence-electron chi connectivity index (χ4n) is 2.28. The van der Waals surface area contributed by atoms with Gasteiger partial charge < -0.3 is 14.7 Å². The van der Waals surface area contributed by atoms with Gasteiger partial charge in [-0.15, -0.1) is 0 Å². The number of carbonyl (C=O) groups excluding carboxylic acids is 1. The van der Waals surface area contributed by atoms with Crippen molar-refractivity contribution in [1.82, 2.24) is 20.4 Å². The molecular weight excluding hydrogens is 292 g/mol. The molecule has 0 saturated carbocycles. The molecule has 23 heavy (non-hydrogen) atoms. The van der Waals surface area contributed by atoms with Crippen molar-refractivity contribution in [2.45, 2.75) is 33.2 Å². The van der Waals surface area contributed by atoms with Crippen molar-refractivity contribution in [3.63, 3.8) is 0 Å². The van der Waals surface area contributed by atoms with E-state index in [1.165, 1.54) is 0 Å². The highest BCUT2D eigenvalue weighted by atomic mass is 16.5. The van der Waals surface area contributed by atoms with Gasteiger partial charge in [0.25, 0.3) is 11.8 Å². The van der Waals surface area contributed by atoms with Gasteiger partial charge >= 0.3 is 0 Å². The third-order valence-electron chi connectivity index (χ3n) is 3.88. The summed E-state index contributed by atoms with van der Waals surface area (Å²) in [6.07, 6.45) is 0.707. The van der Waals surface area contributed by atoms with Crippen LogP contribution in [0.2, 0.25) is 0 Å². The van der Waals surface area contributed by atoms with Crippen LogP contribution in [-0.2, 0) is 6.42 Å². The van der Waals surface area contributed by atoms with Gasteiger partial charge in [0.05, 0.1) is 0 Å². The van der Waals surface area contributed by atoms with Gasteiger partial charge in [-0.1, -0.05) is 5.16 Å². The minimum atomic E-state index is 0.0376. The number of hydrogen-bond donors (Lipinski definition) is 1. The zero-order valence-electron chi connectivity index (χ0n) is 14.2. The number of benzene rings is 1. The van der Waals surface area contributed by atoms with Crippen molar-refractivity contribution in [2.75, 3.05) is 20.1 Å². The molecule has 6 nitrogen and oxygen atoms in total. The Bertz CT molecular complexity index is 632. The van der Waals surface area contributed by atoms with Crippen LogP contribution in [0, 0.1) is 0 Å². The van der Waals surface area contributed by atoms with Gasteiger partial charge in [0.2, 0.25) is 0 Å². The predicted octanol–water partition coefficient (Wildman–Crippen LogP) is 2.37. The van der Waals surface area contributed by atoms with Gasteiger partial charge in [0, 0.05) is 36.7 Å². The summed E-state index contributed by atoms with van der Waals surface area (Å²) in [6.45, 7) is 7.41. The Morgan fingerprint density at radius 1 is 1.26 bits per heavy atom. The lowest BCUT2D eigenvalue weighted by Crippen LogP contribution is -2.30. The third kappa shape index (κ3) is 4.16. The van der Waals surface area contributed by atoms with Crippen LogP contribution in [0.1, 0.15) is 37.0 Å². The molecule has 0 saturated heterocycles. The van der Waals surface area contributed by atoms with E-state index >= 15 is 0 Å². The maximum Gasteiger partial charge on any atom is 0.257 e. The largest absolute Gasteiger partial charge is 0.339 e. The van der Waals surface area contributed by atoms with E-state index in [0.717, 1.165) is 5.56 Å². The van der Waals surface area contributed by atoms with E-state index in [0.29, 0.717) is 36.8 Å². The van der Waals surface area contributed by atoms with Crippen LogP contribution in [0.4, 0.5) is 0 Å². The van der Waals surface area contributed by atoms with Crippen LogP contribution in [0.3, 0.4) is 0 Å². The first-order chi connectivity index (χ1) is 11.1. The van der Waals surface area contributed by atoms with Gasteiger partial charge in [-0.2, -0.15) is 4.98 Å². The Hall–Kier alpha value is -2.21.